The highest BCUT2D eigenvalue weighted by Crippen LogP contribution is 2.46. The number of phenolic OH excluding ortho intramolecular Hbond substituents is 1. The van der Waals surface area contributed by atoms with E-state index in [2.05, 4.69) is 30.3 Å². The van der Waals surface area contributed by atoms with Crippen molar-refractivity contribution in [1.82, 2.24) is 0 Å². The third kappa shape index (κ3) is 1.92. The van der Waals surface area contributed by atoms with Gasteiger partial charge in [-0.25, -0.2) is 0 Å². The molecule has 0 aromatic heterocycles. The monoisotopic (exact) mass is 314 g/mol. The Labute approximate surface area is 140 Å². The molecular weight excluding hydrogens is 296 g/mol. The van der Waals surface area contributed by atoms with Gasteiger partial charge in [0.25, 0.3) is 0 Å². The van der Waals surface area contributed by atoms with Crippen molar-refractivity contribution >= 4 is 33.4 Å². The molecule has 0 saturated heterocycles. The van der Waals surface area contributed by atoms with Crippen molar-refractivity contribution in [1.29, 1.82) is 0 Å². The molecule has 1 fully saturated rings. The minimum atomic E-state index is 0.0705. The average molecular weight is 314 g/mol. The molecule has 0 bridgehead atoms. The highest BCUT2D eigenvalue weighted by Gasteiger charge is 2.35. The van der Waals surface area contributed by atoms with E-state index in [4.69, 9.17) is 0 Å². The van der Waals surface area contributed by atoms with E-state index in [9.17, 15) is 9.90 Å². The molecule has 0 heterocycles. The summed E-state index contributed by atoms with van der Waals surface area (Å²) in [5, 5.41) is 14.4. The van der Waals surface area contributed by atoms with E-state index < -0.39 is 0 Å². The van der Waals surface area contributed by atoms with Gasteiger partial charge in [-0.1, -0.05) is 36.4 Å². The lowest BCUT2D eigenvalue weighted by Crippen LogP contribution is -2.06. The largest absolute Gasteiger partial charge is 0.508 e. The predicted octanol–water partition coefficient (Wildman–Crippen LogP) is 4.86. The van der Waals surface area contributed by atoms with E-state index in [1.165, 1.54) is 40.3 Å². The molecule has 1 saturated carbocycles. The maximum Gasteiger partial charge on any atom is 0.127 e. The van der Waals surface area contributed by atoms with Gasteiger partial charge >= 0.3 is 0 Å². The number of carbonyl (C=O) groups excluding carboxylic acids is 1. The van der Waals surface area contributed by atoms with Gasteiger partial charge in [0.2, 0.25) is 0 Å². The standard InChI is InChI=1S/C22H18O2/c23-12-22(13-1-2-13)21-10-9-19-18-5-3-14-11-15(24)4-6-16(14)17(18)7-8-20(19)21/h3-8,10-13,22,24H,1-2,9H2. The van der Waals surface area contributed by atoms with Gasteiger partial charge in [0.15, 0.2) is 0 Å². The topological polar surface area (TPSA) is 37.3 Å². The van der Waals surface area contributed by atoms with Gasteiger partial charge in [-0.3, -0.25) is 0 Å². The maximum atomic E-state index is 11.6. The second-order valence-electron chi connectivity index (χ2n) is 7.02. The summed E-state index contributed by atoms with van der Waals surface area (Å²) in [4.78, 5) is 11.6. The smallest absolute Gasteiger partial charge is 0.127 e. The maximum absolute atomic E-state index is 11.6. The third-order valence-electron chi connectivity index (χ3n) is 5.58. The van der Waals surface area contributed by atoms with Crippen LogP contribution in [0.25, 0.3) is 27.1 Å². The van der Waals surface area contributed by atoms with E-state index >= 15 is 0 Å². The minimum absolute atomic E-state index is 0.0705. The number of fused-ring (bicyclic) bond motifs is 5. The van der Waals surface area contributed by atoms with Crippen LogP contribution in [-0.4, -0.2) is 11.4 Å². The van der Waals surface area contributed by atoms with Gasteiger partial charge in [-0.05, 0) is 75.6 Å². The SMILES string of the molecule is O=CC(C1=CCc2c1ccc1c2ccc2cc(O)ccc21)C1CC1. The summed E-state index contributed by atoms with van der Waals surface area (Å²) in [6.07, 6.45) is 6.66. The molecule has 3 aromatic carbocycles. The van der Waals surface area contributed by atoms with Crippen molar-refractivity contribution in [2.45, 2.75) is 19.3 Å². The van der Waals surface area contributed by atoms with E-state index in [-0.39, 0.29) is 5.92 Å². The van der Waals surface area contributed by atoms with Gasteiger partial charge in [0.1, 0.15) is 12.0 Å². The first-order chi connectivity index (χ1) is 11.8. The van der Waals surface area contributed by atoms with E-state index in [0.29, 0.717) is 11.7 Å². The summed E-state index contributed by atoms with van der Waals surface area (Å²) >= 11 is 0. The number of allylic oxidation sites excluding steroid dienone is 2. The lowest BCUT2D eigenvalue weighted by Gasteiger charge is -2.14. The van der Waals surface area contributed by atoms with Gasteiger partial charge in [0, 0.05) is 5.92 Å². The number of carbonyl (C=O) groups is 1. The minimum Gasteiger partial charge on any atom is -0.508 e. The number of aromatic hydroxyl groups is 1. The fourth-order valence-electron chi connectivity index (χ4n) is 4.22. The molecule has 118 valence electrons. The molecule has 2 aliphatic carbocycles. The normalized spacial score (nSPS) is 17.8. The zero-order valence-corrected chi connectivity index (χ0v) is 13.3. The zero-order valence-electron chi connectivity index (χ0n) is 13.3. The van der Waals surface area contributed by atoms with Gasteiger partial charge < -0.3 is 9.90 Å². The molecule has 1 unspecified atom stereocenters. The molecule has 24 heavy (non-hydrogen) atoms. The molecule has 1 atom stereocenters. The van der Waals surface area contributed by atoms with Crippen LogP contribution in [0.1, 0.15) is 24.0 Å². The highest BCUT2D eigenvalue weighted by atomic mass is 16.3. The summed E-state index contributed by atoms with van der Waals surface area (Å²) < 4.78 is 0. The van der Waals surface area contributed by atoms with E-state index in [1.54, 1.807) is 12.1 Å². The Bertz CT molecular complexity index is 1020. The average Bonchev–Trinajstić information content (AvgIpc) is 3.34. The second kappa shape index (κ2) is 4.94. The number of benzene rings is 3. The number of hydrogen-bond acceptors (Lipinski definition) is 2. The van der Waals surface area contributed by atoms with Crippen LogP contribution >= 0.6 is 0 Å². The van der Waals surface area contributed by atoms with Crippen LogP contribution in [0.4, 0.5) is 0 Å². The van der Waals surface area contributed by atoms with Crippen molar-refractivity contribution in [3.63, 3.8) is 0 Å². The van der Waals surface area contributed by atoms with Gasteiger partial charge in [-0.2, -0.15) is 0 Å². The van der Waals surface area contributed by atoms with Crippen LogP contribution in [0.5, 0.6) is 5.75 Å². The van der Waals surface area contributed by atoms with Gasteiger partial charge in [0.05, 0.1) is 0 Å². The lowest BCUT2D eigenvalue weighted by molar-refractivity contribution is -0.110. The Kier molecular flexibility index (Phi) is 2.84. The quantitative estimate of drug-likeness (QED) is 0.553. The fourth-order valence-corrected chi connectivity index (χ4v) is 4.22. The van der Waals surface area contributed by atoms with E-state index in [0.717, 1.165) is 23.5 Å². The summed E-state index contributed by atoms with van der Waals surface area (Å²) in [6, 6.07) is 14.1. The summed E-state index contributed by atoms with van der Waals surface area (Å²) in [7, 11) is 0. The summed E-state index contributed by atoms with van der Waals surface area (Å²) in [5.74, 6) is 0.918. The lowest BCUT2D eigenvalue weighted by atomic mass is 9.89. The van der Waals surface area contributed by atoms with Crippen LogP contribution < -0.4 is 0 Å². The first-order valence-corrected chi connectivity index (χ1v) is 8.59. The Morgan fingerprint density at radius 2 is 1.79 bits per heavy atom. The number of hydrogen-bond donors (Lipinski definition) is 1. The Morgan fingerprint density at radius 3 is 2.58 bits per heavy atom. The van der Waals surface area contributed by atoms with Crippen molar-refractivity contribution in [3.05, 3.63) is 59.7 Å². The summed E-state index contributed by atoms with van der Waals surface area (Å²) in [5.41, 5.74) is 3.82. The molecule has 5 rings (SSSR count). The molecule has 2 aliphatic rings. The Morgan fingerprint density at radius 1 is 1.00 bits per heavy atom. The van der Waals surface area contributed by atoms with Crippen molar-refractivity contribution < 1.29 is 9.90 Å². The van der Waals surface area contributed by atoms with Crippen LogP contribution in [0.3, 0.4) is 0 Å². The molecular formula is C22H18O2. The predicted molar refractivity (Wildman–Crippen MR) is 97.1 cm³/mol. The molecule has 0 radical (unpaired) electrons. The van der Waals surface area contributed by atoms with Crippen LogP contribution in [0.2, 0.25) is 0 Å². The number of rotatable bonds is 3. The Hall–Kier alpha value is -2.61. The van der Waals surface area contributed by atoms with Crippen molar-refractivity contribution in [2.75, 3.05) is 0 Å². The number of aldehydes is 1. The summed E-state index contributed by atoms with van der Waals surface area (Å²) in [6.45, 7) is 0. The molecule has 3 aromatic rings. The zero-order chi connectivity index (χ0) is 16.3. The van der Waals surface area contributed by atoms with Crippen LogP contribution in [0.15, 0.2) is 48.5 Å². The first kappa shape index (κ1) is 13.8. The highest BCUT2D eigenvalue weighted by molar-refractivity contribution is 6.10. The van der Waals surface area contributed by atoms with Crippen LogP contribution in [0, 0.1) is 11.8 Å². The molecule has 1 N–H and O–H groups in total. The molecule has 0 spiro atoms. The number of phenols is 1. The first-order valence-electron chi connectivity index (χ1n) is 8.59. The Balaban J connectivity index is 1.71. The van der Waals surface area contributed by atoms with Crippen molar-refractivity contribution in [3.8, 4) is 5.75 Å². The van der Waals surface area contributed by atoms with Crippen LogP contribution in [-0.2, 0) is 11.2 Å². The second-order valence-corrected chi connectivity index (χ2v) is 7.02. The molecule has 0 amide bonds. The van der Waals surface area contributed by atoms with Gasteiger partial charge in [-0.15, -0.1) is 0 Å². The van der Waals surface area contributed by atoms with Crippen molar-refractivity contribution in [2.24, 2.45) is 11.8 Å². The fraction of sp³-hybridized carbons (Fsp3) is 0.227. The molecule has 2 nitrogen and oxygen atoms in total. The van der Waals surface area contributed by atoms with E-state index in [1.807, 2.05) is 6.07 Å². The third-order valence-corrected chi connectivity index (χ3v) is 5.58. The molecule has 2 heteroatoms. The molecule has 0 aliphatic heterocycles.